The van der Waals surface area contributed by atoms with Crippen LogP contribution < -0.4 is 5.73 Å². The monoisotopic (exact) mass is 375 g/mol. The van der Waals surface area contributed by atoms with E-state index in [0.29, 0.717) is 11.7 Å². The zero-order chi connectivity index (χ0) is 17.9. The number of hydrogen-bond acceptors (Lipinski definition) is 7. The molecule has 1 saturated carbocycles. The molecule has 1 aliphatic carbocycles. The van der Waals surface area contributed by atoms with Crippen LogP contribution in [0.25, 0.3) is 0 Å². The number of nitrogens with zero attached hydrogens (tertiary/aromatic N) is 4. The lowest BCUT2D eigenvalue weighted by molar-refractivity contribution is 0.150. The fraction of sp³-hybridized carbons (Fsp3) is 0.737. The number of β-amino-alcohol motifs (C(OH)–C–C–N with tert-alkyl or cyclic N) is 1. The number of nitrogen functional groups attached to an aromatic ring is 1. The average molecular weight is 376 g/mol. The van der Waals surface area contributed by atoms with Crippen molar-refractivity contribution in [2.24, 2.45) is 16.8 Å². The number of aliphatic hydroxyl groups is 1. The van der Waals surface area contributed by atoms with Crippen molar-refractivity contribution in [3.8, 4) is 0 Å². The molecule has 0 radical (unpaired) electrons. The van der Waals surface area contributed by atoms with Gasteiger partial charge in [-0.1, -0.05) is 19.3 Å². The highest BCUT2D eigenvalue weighted by molar-refractivity contribution is 7.99. The minimum Gasteiger partial charge on any atom is -0.391 e. The number of likely N-dealkylation sites (tertiary alicyclic amines) is 1. The molecule has 0 spiro atoms. The molecule has 26 heavy (non-hydrogen) atoms. The molecule has 142 valence electrons. The van der Waals surface area contributed by atoms with Crippen molar-refractivity contribution in [3.05, 3.63) is 12.0 Å². The van der Waals surface area contributed by atoms with E-state index in [9.17, 15) is 5.11 Å². The van der Waals surface area contributed by atoms with Gasteiger partial charge in [-0.15, -0.1) is 0 Å². The molecule has 2 fully saturated rings. The zero-order valence-corrected chi connectivity index (χ0v) is 16.1. The minimum atomic E-state index is -0.220. The molecular formula is C19H29N5OS. The molecule has 0 aromatic carbocycles. The Morgan fingerprint density at radius 3 is 2.85 bits per heavy atom. The first kappa shape index (κ1) is 18.2. The van der Waals surface area contributed by atoms with Crippen LogP contribution in [0.2, 0.25) is 0 Å². The minimum absolute atomic E-state index is 0.149. The number of rotatable bonds is 6. The third-order valence-electron chi connectivity index (χ3n) is 5.96. The van der Waals surface area contributed by atoms with Crippen LogP contribution in [0.3, 0.4) is 0 Å². The highest BCUT2D eigenvalue weighted by Crippen LogP contribution is 2.35. The number of aromatic nitrogens is 2. The molecule has 0 bridgehead atoms. The fourth-order valence-corrected chi connectivity index (χ4v) is 5.88. The SMILES string of the molecule is Nc1ncnc2c1N=CC2CN1C[C@H](CSCC2CCCCC2)[C@@H](O)C1. The molecule has 6 nitrogen and oxygen atoms in total. The van der Waals surface area contributed by atoms with Crippen molar-refractivity contribution in [2.75, 3.05) is 36.9 Å². The molecule has 7 heteroatoms. The Labute approximate surface area is 159 Å². The molecule has 2 aliphatic heterocycles. The first-order valence-electron chi connectivity index (χ1n) is 9.83. The van der Waals surface area contributed by atoms with Crippen LogP contribution in [0.5, 0.6) is 0 Å². The Bertz CT molecular complexity index is 649. The zero-order valence-electron chi connectivity index (χ0n) is 15.3. The fourth-order valence-electron chi connectivity index (χ4n) is 4.45. The third kappa shape index (κ3) is 4.05. The first-order chi connectivity index (χ1) is 12.7. The average Bonchev–Trinajstić information content (AvgIpc) is 3.21. The summed E-state index contributed by atoms with van der Waals surface area (Å²) in [4.78, 5) is 15.1. The number of thioether (sulfide) groups is 1. The van der Waals surface area contributed by atoms with Crippen molar-refractivity contribution in [1.29, 1.82) is 0 Å². The maximum Gasteiger partial charge on any atom is 0.153 e. The summed E-state index contributed by atoms with van der Waals surface area (Å²) in [6.07, 6.45) is 10.2. The standard InChI is InChI=1S/C19H29N5OS/c20-19-18-17(22-12-23-19)14(6-21-18)7-24-8-15(16(25)9-24)11-26-10-13-4-2-1-3-5-13/h6,12-16,25H,1-5,7-11H2,(H2,20,22,23)/t14?,15-,16+/m1/s1. The number of fused-ring (bicyclic) bond motifs is 1. The Hall–Kier alpha value is -1.18. The van der Waals surface area contributed by atoms with Crippen molar-refractivity contribution >= 4 is 29.5 Å². The second-order valence-corrected chi connectivity index (χ2v) is 9.04. The van der Waals surface area contributed by atoms with Gasteiger partial charge in [-0.3, -0.25) is 9.89 Å². The van der Waals surface area contributed by atoms with Gasteiger partial charge >= 0.3 is 0 Å². The van der Waals surface area contributed by atoms with Crippen LogP contribution in [0.4, 0.5) is 11.5 Å². The summed E-state index contributed by atoms with van der Waals surface area (Å²) >= 11 is 2.05. The third-order valence-corrected chi connectivity index (χ3v) is 7.33. The molecule has 1 saturated heterocycles. The van der Waals surface area contributed by atoms with E-state index in [-0.39, 0.29) is 12.0 Å². The van der Waals surface area contributed by atoms with Crippen molar-refractivity contribution in [1.82, 2.24) is 14.9 Å². The highest BCUT2D eigenvalue weighted by Gasteiger charge is 2.34. The lowest BCUT2D eigenvalue weighted by atomic mass is 9.91. The second kappa shape index (κ2) is 8.23. The van der Waals surface area contributed by atoms with Gasteiger partial charge in [0.2, 0.25) is 0 Å². The molecular weight excluding hydrogens is 346 g/mol. The molecule has 0 amide bonds. The van der Waals surface area contributed by atoms with Crippen molar-refractivity contribution in [2.45, 2.75) is 44.1 Å². The van der Waals surface area contributed by atoms with Gasteiger partial charge in [0.25, 0.3) is 0 Å². The Kier molecular flexibility index (Phi) is 5.76. The lowest BCUT2D eigenvalue weighted by Crippen LogP contribution is -2.27. The van der Waals surface area contributed by atoms with Crippen LogP contribution in [-0.4, -0.2) is 63.4 Å². The number of aliphatic imine (C=N–C) groups is 1. The van der Waals surface area contributed by atoms with Crippen LogP contribution in [-0.2, 0) is 0 Å². The summed E-state index contributed by atoms with van der Waals surface area (Å²) in [5, 5.41) is 10.5. The van der Waals surface area contributed by atoms with Gasteiger partial charge in [0.1, 0.15) is 12.0 Å². The van der Waals surface area contributed by atoms with E-state index in [2.05, 4.69) is 19.9 Å². The topological polar surface area (TPSA) is 87.6 Å². The molecule has 3 N–H and O–H groups in total. The van der Waals surface area contributed by atoms with E-state index in [0.717, 1.165) is 42.7 Å². The van der Waals surface area contributed by atoms with Crippen molar-refractivity contribution in [3.63, 3.8) is 0 Å². The summed E-state index contributed by atoms with van der Waals surface area (Å²) < 4.78 is 0. The van der Waals surface area contributed by atoms with E-state index >= 15 is 0 Å². The van der Waals surface area contributed by atoms with Crippen LogP contribution in [0.1, 0.15) is 43.7 Å². The van der Waals surface area contributed by atoms with Crippen LogP contribution >= 0.6 is 11.8 Å². The van der Waals surface area contributed by atoms with Gasteiger partial charge in [-0.05, 0) is 30.3 Å². The summed E-state index contributed by atoms with van der Waals surface area (Å²) in [5.74, 6) is 4.21. The van der Waals surface area contributed by atoms with Gasteiger partial charge in [0, 0.05) is 31.8 Å². The highest BCUT2D eigenvalue weighted by atomic mass is 32.2. The van der Waals surface area contributed by atoms with Gasteiger partial charge in [0.05, 0.1) is 17.7 Å². The molecule has 3 heterocycles. The molecule has 1 aromatic rings. The summed E-state index contributed by atoms with van der Waals surface area (Å²) in [7, 11) is 0. The van der Waals surface area contributed by atoms with E-state index in [4.69, 9.17) is 5.73 Å². The maximum atomic E-state index is 10.5. The normalized spacial score (nSPS) is 29.3. The van der Waals surface area contributed by atoms with Gasteiger partial charge in [0.15, 0.2) is 5.82 Å². The first-order valence-corrected chi connectivity index (χ1v) is 11.0. The van der Waals surface area contributed by atoms with Crippen LogP contribution in [0, 0.1) is 11.8 Å². The largest absolute Gasteiger partial charge is 0.391 e. The lowest BCUT2D eigenvalue weighted by Gasteiger charge is -2.22. The van der Waals surface area contributed by atoms with Gasteiger partial charge in [-0.2, -0.15) is 11.8 Å². The number of aliphatic hydroxyl groups excluding tert-OH is 1. The Morgan fingerprint density at radius 2 is 2.00 bits per heavy atom. The molecule has 1 unspecified atom stereocenters. The molecule has 4 rings (SSSR count). The van der Waals surface area contributed by atoms with Crippen LogP contribution in [0.15, 0.2) is 11.3 Å². The van der Waals surface area contributed by atoms with E-state index in [1.54, 1.807) is 0 Å². The summed E-state index contributed by atoms with van der Waals surface area (Å²) in [6, 6.07) is 0. The van der Waals surface area contributed by atoms with Gasteiger partial charge in [-0.25, -0.2) is 9.97 Å². The van der Waals surface area contributed by atoms with Gasteiger partial charge < -0.3 is 10.8 Å². The summed E-state index contributed by atoms with van der Waals surface area (Å²) in [6.45, 7) is 2.54. The predicted octanol–water partition coefficient (Wildman–Crippen LogP) is 2.46. The molecule has 1 aromatic heterocycles. The maximum absolute atomic E-state index is 10.5. The number of nitrogens with two attached hydrogens (primary N) is 1. The molecule has 3 atom stereocenters. The number of anilines is 1. The Morgan fingerprint density at radius 1 is 1.15 bits per heavy atom. The molecule has 3 aliphatic rings. The smallest absolute Gasteiger partial charge is 0.153 e. The van der Waals surface area contributed by atoms with E-state index < -0.39 is 0 Å². The quantitative estimate of drug-likeness (QED) is 0.794. The van der Waals surface area contributed by atoms with E-state index in [1.807, 2.05) is 18.0 Å². The second-order valence-electron chi connectivity index (χ2n) is 7.96. The predicted molar refractivity (Wildman–Crippen MR) is 107 cm³/mol. The van der Waals surface area contributed by atoms with Crippen molar-refractivity contribution < 1.29 is 5.11 Å². The number of hydrogen-bond donors (Lipinski definition) is 2. The Balaban J connectivity index is 1.25. The van der Waals surface area contributed by atoms with E-state index in [1.165, 1.54) is 44.2 Å². The summed E-state index contributed by atoms with van der Waals surface area (Å²) in [5.41, 5.74) is 7.52.